The molecule has 0 saturated heterocycles. The SMILES string of the molecule is C=CC(=O)OCCNCCCCCC. The van der Waals surface area contributed by atoms with Crippen molar-refractivity contribution in [2.45, 2.75) is 32.6 Å². The Morgan fingerprint density at radius 1 is 1.36 bits per heavy atom. The van der Waals surface area contributed by atoms with E-state index >= 15 is 0 Å². The number of esters is 1. The van der Waals surface area contributed by atoms with Crippen molar-refractivity contribution < 1.29 is 9.53 Å². The van der Waals surface area contributed by atoms with E-state index in [1.807, 2.05) is 0 Å². The van der Waals surface area contributed by atoms with Gasteiger partial charge in [0.25, 0.3) is 0 Å². The van der Waals surface area contributed by atoms with E-state index in [1.54, 1.807) is 0 Å². The number of carbonyl (C=O) groups excluding carboxylic acids is 1. The second-order valence-electron chi connectivity index (χ2n) is 3.18. The summed E-state index contributed by atoms with van der Waals surface area (Å²) < 4.78 is 4.80. The molecular weight excluding hydrogens is 178 g/mol. The summed E-state index contributed by atoms with van der Waals surface area (Å²) in [4.78, 5) is 10.6. The van der Waals surface area contributed by atoms with Crippen molar-refractivity contribution >= 4 is 5.97 Å². The topological polar surface area (TPSA) is 38.3 Å². The summed E-state index contributed by atoms with van der Waals surface area (Å²) in [6.45, 7) is 7.67. The molecular formula is C11H21NO2. The average Bonchev–Trinajstić information content (AvgIpc) is 2.21. The third-order valence-corrected chi connectivity index (χ3v) is 1.90. The summed E-state index contributed by atoms with van der Waals surface area (Å²) in [6, 6.07) is 0. The van der Waals surface area contributed by atoms with Gasteiger partial charge in [-0.15, -0.1) is 0 Å². The average molecular weight is 199 g/mol. The van der Waals surface area contributed by atoms with Gasteiger partial charge in [0.15, 0.2) is 0 Å². The lowest BCUT2D eigenvalue weighted by atomic mass is 10.2. The first-order valence-electron chi connectivity index (χ1n) is 5.31. The predicted octanol–water partition coefficient (Wildman–Crippen LogP) is 1.89. The highest BCUT2D eigenvalue weighted by Crippen LogP contribution is 1.96. The molecule has 0 aromatic carbocycles. The van der Waals surface area contributed by atoms with Gasteiger partial charge in [-0.25, -0.2) is 4.79 Å². The molecule has 0 fully saturated rings. The zero-order valence-electron chi connectivity index (χ0n) is 9.05. The van der Waals surface area contributed by atoms with Gasteiger partial charge in [0.05, 0.1) is 0 Å². The molecule has 14 heavy (non-hydrogen) atoms. The van der Waals surface area contributed by atoms with Gasteiger partial charge in [0, 0.05) is 12.6 Å². The van der Waals surface area contributed by atoms with Crippen molar-refractivity contribution in [2.24, 2.45) is 0 Å². The highest BCUT2D eigenvalue weighted by molar-refractivity contribution is 5.81. The van der Waals surface area contributed by atoms with Crippen LogP contribution in [0.1, 0.15) is 32.6 Å². The molecule has 0 unspecified atom stereocenters. The van der Waals surface area contributed by atoms with Crippen LogP contribution in [0.25, 0.3) is 0 Å². The number of nitrogens with one attached hydrogen (secondary N) is 1. The van der Waals surface area contributed by atoms with Crippen LogP contribution < -0.4 is 5.32 Å². The summed E-state index contributed by atoms with van der Waals surface area (Å²) in [5.41, 5.74) is 0. The first-order valence-corrected chi connectivity index (χ1v) is 5.31. The van der Waals surface area contributed by atoms with E-state index < -0.39 is 0 Å². The van der Waals surface area contributed by atoms with Gasteiger partial charge in [-0.05, 0) is 13.0 Å². The van der Waals surface area contributed by atoms with Crippen molar-refractivity contribution in [3.63, 3.8) is 0 Å². The molecule has 0 aliphatic heterocycles. The Hall–Kier alpha value is -0.830. The van der Waals surface area contributed by atoms with Gasteiger partial charge in [-0.1, -0.05) is 32.8 Å². The maximum Gasteiger partial charge on any atom is 0.330 e. The molecule has 0 aliphatic rings. The van der Waals surface area contributed by atoms with Crippen LogP contribution in [-0.4, -0.2) is 25.7 Å². The maximum atomic E-state index is 10.6. The zero-order chi connectivity index (χ0) is 10.6. The normalized spacial score (nSPS) is 9.79. The summed E-state index contributed by atoms with van der Waals surface area (Å²) in [5.74, 6) is -0.349. The second kappa shape index (κ2) is 10.3. The van der Waals surface area contributed by atoms with Crippen molar-refractivity contribution in [3.05, 3.63) is 12.7 Å². The van der Waals surface area contributed by atoms with Gasteiger partial charge in [-0.2, -0.15) is 0 Å². The van der Waals surface area contributed by atoms with Crippen LogP contribution in [0, 0.1) is 0 Å². The molecule has 1 N–H and O–H groups in total. The number of unbranched alkanes of at least 4 members (excludes halogenated alkanes) is 3. The third kappa shape index (κ3) is 9.26. The molecule has 0 bridgehead atoms. The van der Waals surface area contributed by atoms with Crippen LogP contribution in [0.3, 0.4) is 0 Å². The van der Waals surface area contributed by atoms with E-state index in [0.717, 1.165) is 13.1 Å². The fourth-order valence-electron chi connectivity index (χ4n) is 1.08. The lowest BCUT2D eigenvalue weighted by Crippen LogP contribution is -2.21. The van der Waals surface area contributed by atoms with E-state index in [-0.39, 0.29) is 5.97 Å². The number of hydrogen-bond acceptors (Lipinski definition) is 3. The zero-order valence-corrected chi connectivity index (χ0v) is 9.05. The Morgan fingerprint density at radius 3 is 2.79 bits per heavy atom. The van der Waals surface area contributed by atoms with Crippen molar-refractivity contribution in [1.29, 1.82) is 0 Å². The first-order chi connectivity index (χ1) is 6.81. The molecule has 0 heterocycles. The largest absolute Gasteiger partial charge is 0.461 e. The Balaban J connectivity index is 2.99. The number of ether oxygens (including phenoxy) is 1. The third-order valence-electron chi connectivity index (χ3n) is 1.90. The Bertz CT molecular complexity index is 157. The summed E-state index contributed by atoms with van der Waals surface area (Å²) in [6.07, 6.45) is 6.21. The molecule has 3 nitrogen and oxygen atoms in total. The minimum absolute atomic E-state index is 0.349. The van der Waals surface area contributed by atoms with Crippen LogP contribution in [0.5, 0.6) is 0 Å². The quantitative estimate of drug-likeness (QED) is 0.350. The Kier molecular flexibility index (Phi) is 9.64. The van der Waals surface area contributed by atoms with Crippen molar-refractivity contribution in [1.82, 2.24) is 5.32 Å². The lowest BCUT2D eigenvalue weighted by molar-refractivity contribution is -0.137. The molecule has 0 atom stereocenters. The molecule has 0 saturated carbocycles. The standard InChI is InChI=1S/C11H21NO2/c1-3-5-6-7-8-12-9-10-14-11(13)4-2/h4,12H,2-3,5-10H2,1H3. The fourth-order valence-corrected chi connectivity index (χ4v) is 1.08. The number of hydrogen-bond donors (Lipinski definition) is 1. The van der Waals surface area contributed by atoms with E-state index in [1.165, 1.54) is 31.8 Å². The number of rotatable bonds is 9. The minimum atomic E-state index is -0.349. The van der Waals surface area contributed by atoms with Crippen LogP contribution in [0.15, 0.2) is 12.7 Å². The van der Waals surface area contributed by atoms with Gasteiger partial charge in [0.1, 0.15) is 6.61 Å². The molecule has 0 radical (unpaired) electrons. The van der Waals surface area contributed by atoms with Gasteiger partial charge in [-0.3, -0.25) is 0 Å². The van der Waals surface area contributed by atoms with Crippen LogP contribution in [0.2, 0.25) is 0 Å². The first kappa shape index (κ1) is 13.2. The van der Waals surface area contributed by atoms with Crippen LogP contribution >= 0.6 is 0 Å². The van der Waals surface area contributed by atoms with Gasteiger partial charge in [0.2, 0.25) is 0 Å². The second-order valence-corrected chi connectivity index (χ2v) is 3.18. The van der Waals surface area contributed by atoms with Crippen LogP contribution in [-0.2, 0) is 9.53 Å². The smallest absolute Gasteiger partial charge is 0.330 e. The van der Waals surface area contributed by atoms with Crippen molar-refractivity contribution in [3.8, 4) is 0 Å². The molecule has 82 valence electrons. The summed E-state index contributed by atoms with van der Waals surface area (Å²) in [5, 5.41) is 3.21. The number of carbonyl (C=O) groups is 1. The molecule has 0 spiro atoms. The maximum absolute atomic E-state index is 10.6. The van der Waals surface area contributed by atoms with Gasteiger partial charge < -0.3 is 10.1 Å². The lowest BCUT2D eigenvalue weighted by Gasteiger charge is -2.04. The van der Waals surface area contributed by atoms with E-state index in [0.29, 0.717) is 6.61 Å². The minimum Gasteiger partial charge on any atom is -0.461 e. The Labute approximate surface area is 86.5 Å². The predicted molar refractivity (Wildman–Crippen MR) is 58.2 cm³/mol. The molecule has 0 aliphatic carbocycles. The highest BCUT2D eigenvalue weighted by Gasteiger charge is 1.93. The van der Waals surface area contributed by atoms with Crippen molar-refractivity contribution in [2.75, 3.05) is 19.7 Å². The highest BCUT2D eigenvalue weighted by atomic mass is 16.5. The van der Waals surface area contributed by atoms with Crippen LogP contribution in [0.4, 0.5) is 0 Å². The molecule has 0 amide bonds. The summed E-state index contributed by atoms with van der Waals surface area (Å²) >= 11 is 0. The Morgan fingerprint density at radius 2 is 2.14 bits per heavy atom. The molecule has 0 rings (SSSR count). The molecule has 0 aromatic heterocycles. The van der Waals surface area contributed by atoms with E-state index in [4.69, 9.17) is 4.74 Å². The fraction of sp³-hybridized carbons (Fsp3) is 0.727. The molecule has 3 heteroatoms. The van der Waals surface area contributed by atoms with Gasteiger partial charge >= 0.3 is 5.97 Å². The summed E-state index contributed by atoms with van der Waals surface area (Å²) in [7, 11) is 0. The monoisotopic (exact) mass is 199 g/mol. The van der Waals surface area contributed by atoms with E-state index in [2.05, 4.69) is 18.8 Å². The molecule has 0 aromatic rings. The van der Waals surface area contributed by atoms with E-state index in [9.17, 15) is 4.79 Å².